The third-order valence-electron chi connectivity index (χ3n) is 9.80. The molecule has 0 saturated carbocycles. The van der Waals surface area contributed by atoms with E-state index in [0.717, 1.165) is 21.6 Å². The van der Waals surface area contributed by atoms with Gasteiger partial charge in [-0.15, -0.1) is 16.4 Å². The number of thiophene rings is 1. The van der Waals surface area contributed by atoms with Gasteiger partial charge in [0.1, 0.15) is 12.3 Å². The van der Waals surface area contributed by atoms with Gasteiger partial charge in [0, 0.05) is 22.3 Å². The Morgan fingerprint density at radius 2 is 1.66 bits per heavy atom. The minimum atomic E-state index is -0.579. The third kappa shape index (κ3) is 6.18. The van der Waals surface area contributed by atoms with Gasteiger partial charge in [-0.3, -0.25) is 9.59 Å². The summed E-state index contributed by atoms with van der Waals surface area (Å²) >= 11 is 1.55. The van der Waals surface area contributed by atoms with E-state index in [-0.39, 0.29) is 37.7 Å². The molecule has 8 rings (SSSR count). The first-order valence-corrected chi connectivity index (χ1v) is 17.7. The average molecular weight is 738 g/mol. The number of aromatic nitrogens is 3. The van der Waals surface area contributed by atoms with Crippen molar-refractivity contribution in [3.63, 3.8) is 0 Å². The molecule has 4 atom stereocenters. The second kappa shape index (κ2) is 14.2. The van der Waals surface area contributed by atoms with Crippen LogP contribution < -0.4 is 33.2 Å². The van der Waals surface area contributed by atoms with E-state index in [4.69, 9.17) is 37.9 Å². The van der Waals surface area contributed by atoms with Gasteiger partial charge in [0.15, 0.2) is 40.3 Å². The fraction of sp³-hybridized carbons (Fsp3) is 0.282. The van der Waals surface area contributed by atoms with E-state index < -0.39 is 17.9 Å². The number of hydrogen-bond acceptors (Lipinski definition) is 13. The van der Waals surface area contributed by atoms with Gasteiger partial charge in [-0.05, 0) is 82.8 Å². The molecule has 14 heteroatoms. The predicted octanol–water partition coefficient (Wildman–Crippen LogP) is 6.10. The number of hydrogen-bond donors (Lipinski definition) is 0. The molecule has 0 amide bonds. The highest BCUT2D eigenvalue weighted by Crippen LogP contribution is 2.56. The van der Waals surface area contributed by atoms with Crippen LogP contribution >= 0.6 is 11.3 Å². The van der Waals surface area contributed by atoms with Gasteiger partial charge < -0.3 is 37.9 Å². The number of fused-ring (bicyclic) bond motifs is 3. The minimum absolute atomic E-state index is 0.0697. The molecule has 5 aromatic rings. The van der Waals surface area contributed by atoms with E-state index in [1.54, 1.807) is 67.8 Å². The van der Waals surface area contributed by atoms with Crippen molar-refractivity contribution in [1.29, 1.82) is 0 Å². The van der Waals surface area contributed by atoms with Crippen molar-refractivity contribution in [3.8, 4) is 40.2 Å². The van der Waals surface area contributed by atoms with Gasteiger partial charge in [-0.1, -0.05) is 11.3 Å². The van der Waals surface area contributed by atoms with Crippen molar-refractivity contribution < 1.29 is 47.5 Å². The number of benzene rings is 3. The van der Waals surface area contributed by atoms with E-state index in [2.05, 4.69) is 10.3 Å². The quantitative estimate of drug-likeness (QED) is 0.0831. The number of ketones is 1. The van der Waals surface area contributed by atoms with Crippen molar-refractivity contribution in [1.82, 2.24) is 15.0 Å². The summed E-state index contributed by atoms with van der Waals surface area (Å²) < 4.78 is 47.8. The highest BCUT2D eigenvalue weighted by atomic mass is 32.1. The molecule has 3 aromatic carbocycles. The van der Waals surface area contributed by atoms with Gasteiger partial charge in [0.05, 0.1) is 53.2 Å². The number of carbonyl (C=O) groups excluding carboxylic acids is 2. The van der Waals surface area contributed by atoms with Gasteiger partial charge in [0.2, 0.25) is 12.5 Å². The molecule has 272 valence electrons. The highest BCUT2D eigenvalue weighted by Gasteiger charge is 2.53. The van der Waals surface area contributed by atoms with Crippen molar-refractivity contribution in [2.24, 2.45) is 11.8 Å². The number of cyclic esters (lactones) is 1. The molecule has 2 aromatic heterocycles. The van der Waals surface area contributed by atoms with Crippen LogP contribution in [0, 0.1) is 11.8 Å². The Labute approximate surface area is 308 Å². The first kappa shape index (κ1) is 34.1. The van der Waals surface area contributed by atoms with Crippen LogP contribution in [0.3, 0.4) is 0 Å². The fourth-order valence-corrected chi connectivity index (χ4v) is 8.02. The lowest BCUT2D eigenvalue weighted by Crippen LogP contribution is -2.37. The average Bonchev–Trinajstić information content (AvgIpc) is 4.03. The maximum atomic E-state index is 13.7. The second-order valence-electron chi connectivity index (χ2n) is 12.6. The Kier molecular flexibility index (Phi) is 9.12. The summed E-state index contributed by atoms with van der Waals surface area (Å²) in [5.74, 6) is 1.63. The molecule has 3 aliphatic rings. The molecule has 4 heterocycles. The molecule has 0 unspecified atom stereocenters. The van der Waals surface area contributed by atoms with Gasteiger partial charge in [0.25, 0.3) is 0 Å². The van der Waals surface area contributed by atoms with E-state index >= 15 is 0 Å². The lowest BCUT2D eigenvalue weighted by atomic mass is 9.65. The first-order valence-electron chi connectivity index (χ1n) is 16.8. The van der Waals surface area contributed by atoms with E-state index in [1.807, 2.05) is 41.8 Å². The second-order valence-corrected chi connectivity index (χ2v) is 13.6. The molecule has 1 saturated heterocycles. The van der Waals surface area contributed by atoms with Crippen LogP contribution in [-0.2, 0) is 16.1 Å². The number of rotatable bonds is 12. The van der Waals surface area contributed by atoms with Crippen LogP contribution in [0.2, 0.25) is 0 Å². The predicted molar refractivity (Wildman–Crippen MR) is 192 cm³/mol. The number of methoxy groups -OCH3 is 4. The molecule has 0 spiro atoms. The number of carbonyl (C=O) groups is 2. The van der Waals surface area contributed by atoms with E-state index in [9.17, 15) is 9.59 Å². The van der Waals surface area contributed by atoms with Crippen molar-refractivity contribution >= 4 is 29.2 Å². The zero-order chi connectivity index (χ0) is 36.6. The molecule has 0 bridgehead atoms. The summed E-state index contributed by atoms with van der Waals surface area (Å²) in [6, 6.07) is 16.1. The highest BCUT2D eigenvalue weighted by molar-refractivity contribution is 7.10. The zero-order valence-corrected chi connectivity index (χ0v) is 30.1. The number of allylic oxidation sites excluding steroid dienone is 1. The number of ether oxygens (including phenoxy) is 8. The summed E-state index contributed by atoms with van der Waals surface area (Å²) in [5.41, 5.74) is 3.55. The molecule has 0 N–H and O–H groups in total. The van der Waals surface area contributed by atoms with Crippen LogP contribution in [0.4, 0.5) is 0 Å². The first-order chi connectivity index (χ1) is 25.9. The molecule has 2 aliphatic heterocycles. The van der Waals surface area contributed by atoms with Gasteiger partial charge >= 0.3 is 5.97 Å². The lowest BCUT2D eigenvalue weighted by molar-refractivity contribution is -0.141. The summed E-state index contributed by atoms with van der Waals surface area (Å²) in [7, 11) is 6.18. The largest absolute Gasteiger partial charge is 0.493 e. The van der Waals surface area contributed by atoms with Crippen LogP contribution in [0.5, 0.6) is 40.2 Å². The number of nitrogens with zero attached hydrogens (tertiary/aromatic N) is 3. The summed E-state index contributed by atoms with van der Waals surface area (Å²) in [5, 5.41) is 10.9. The topological polar surface area (TPSA) is 139 Å². The van der Waals surface area contributed by atoms with Crippen molar-refractivity contribution in [3.05, 3.63) is 105 Å². The zero-order valence-electron chi connectivity index (χ0n) is 29.3. The smallest absolute Gasteiger partial charge is 0.310 e. The van der Waals surface area contributed by atoms with E-state index in [1.165, 1.54) is 13.2 Å². The SMILES string of the molecule is COc1cc(C(=O)/C=C/c2cccs2)ccc1OCc1cn([C@@H]2c3cc4c(cc3[C@@H](c3cc(OC)c(OC)c(OC)c3)[C@H]3C(=O)OC[C@@H]32)OCO4)nn1. The van der Waals surface area contributed by atoms with E-state index in [0.29, 0.717) is 51.5 Å². The standard InChI is InChI=1S/C39H35N3O10S/c1-45-30-12-21(28(43)9-8-24-6-5-11-53-24)7-10-29(30)49-18-23-17-42(41-40-23)37-26-16-32-31(51-20-52-32)15-25(26)35(36-27(37)19-50-39(36)44)22-13-33(46-2)38(48-4)34(14-22)47-3/h5-17,27,35-37H,18-20H2,1-4H3/b9-8+/t27-,35+,36-,37+/m0/s1. The molecule has 1 fully saturated rings. The third-order valence-corrected chi connectivity index (χ3v) is 10.6. The maximum Gasteiger partial charge on any atom is 0.310 e. The maximum absolute atomic E-state index is 13.7. The monoisotopic (exact) mass is 737 g/mol. The van der Waals surface area contributed by atoms with Crippen LogP contribution in [0.1, 0.15) is 49.6 Å². The Balaban J connectivity index is 1.10. The normalized spacial score (nSPS) is 19.7. The molecule has 53 heavy (non-hydrogen) atoms. The molecular weight excluding hydrogens is 703 g/mol. The van der Waals surface area contributed by atoms with Crippen molar-refractivity contribution in [2.75, 3.05) is 41.8 Å². The fourth-order valence-electron chi connectivity index (χ4n) is 7.40. The minimum Gasteiger partial charge on any atom is -0.493 e. The molecule has 1 aliphatic carbocycles. The Bertz CT molecular complexity index is 2190. The van der Waals surface area contributed by atoms with Crippen molar-refractivity contribution in [2.45, 2.75) is 18.6 Å². The van der Waals surface area contributed by atoms with Crippen LogP contribution in [-0.4, -0.2) is 68.6 Å². The van der Waals surface area contributed by atoms with Gasteiger partial charge in [-0.2, -0.15) is 0 Å². The summed E-state index contributed by atoms with van der Waals surface area (Å²) in [6.07, 6.45) is 5.13. The number of esters is 1. The Morgan fingerprint density at radius 3 is 2.36 bits per heavy atom. The Morgan fingerprint density at radius 1 is 0.906 bits per heavy atom. The Hall–Kier alpha value is -6.02. The summed E-state index contributed by atoms with van der Waals surface area (Å²) in [6.45, 7) is 0.335. The van der Waals surface area contributed by atoms with Gasteiger partial charge in [-0.25, -0.2) is 4.68 Å². The summed E-state index contributed by atoms with van der Waals surface area (Å²) in [4.78, 5) is 27.5. The van der Waals surface area contributed by atoms with Crippen LogP contribution in [0.15, 0.2) is 72.3 Å². The molecule has 13 nitrogen and oxygen atoms in total. The molecular formula is C39H35N3O10S. The van der Waals surface area contributed by atoms with Crippen LogP contribution in [0.25, 0.3) is 6.08 Å². The lowest BCUT2D eigenvalue weighted by Gasteiger charge is -2.39. The molecule has 0 radical (unpaired) electrons.